The van der Waals surface area contributed by atoms with Crippen LogP contribution in [0.25, 0.3) is 0 Å². The van der Waals surface area contributed by atoms with Crippen molar-refractivity contribution in [3.05, 3.63) is 24.3 Å². The lowest BCUT2D eigenvalue weighted by molar-refractivity contribution is 0.597. The number of hydrogen-bond acceptors (Lipinski definition) is 3. The highest BCUT2D eigenvalue weighted by Crippen LogP contribution is 2.15. The van der Waals surface area contributed by atoms with Crippen molar-refractivity contribution in [2.45, 2.75) is 24.1 Å². The molecule has 0 amide bonds. The van der Waals surface area contributed by atoms with Crippen molar-refractivity contribution in [2.24, 2.45) is 0 Å². The molecule has 0 heterocycles. The van der Waals surface area contributed by atoms with Crippen molar-refractivity contribution in [3.63, 3.8) is 0 Å². The van der Waals surface area contributed by atoms with Gasteiger partial charge in [-0.1, -0.05) is 6.92 Å². The number of nitrogens with one attached hydrogen (secondary N) is 1. The molecule has 0 fully saturated rings. The third-order valence-electron chi connectivity index (χ3n) is 2.18. The standard InChI is InChI=1S/C11H16ClNO2S/c1-3-16(14,15)11-6-4-10(5-7-11)13-8-9(2)12/h4-7,9,13H,3,8H2,1-2H3. The normalized spacial score (nSPS) is 13.4. The Balaban J connectivity index is 2.76. The maximum Gasteiger partial charge on any atom is 0.178 e. The van der Waals surface area contributed by atoms with Crippen molar-refractivity contribution >= 4 is 27.1 Å². The first-order valence-corrected chi connectivity index (χ1v) is 7.25. The van der Waals surface area contributed by atoms with Crippen LogP contribution in [0.5, 0.6) is 0 Å². The van der Waals surface area contributed by atoms with Gasteiger partial charge in [0.25, 0.3) is 0 Å². The smallest absolute Gasteiger partial charge is 0.178 e. The molecule has 0 saturated heterocycles. The van der Waals surface area contributed by atoms with E-state index in [9.17, 15) is 8.42 Å². The molecule has 16 heavy (non-hydrogen) atoms. The number of benzene rings is 1. The highest BCUT2D eigenvalue weighted by molar-refractivity contribution is 7.91. The summed E-state index contributed by atoms with van der Waals surface area (Å²) < 4.78 is 23.1. The zero-order valence-electron chi connectivity index (χ0n) is 9.40. The number of sulfone groups is 1. The van der Waals surface area contributed by atoms with Crippen LogP contribution in [0.1, 0.15) is 13.8 Å². The van der Waals surface area contributed by atoms with Crippen molar-refractivity contribution < 1.29 is 8.42 Å². The average Bonchev–Trinajstić information content (AvgIpc) is 2.27. The van der Waals surface area contributed by atoms with Crippen molar-refractivity contribution in [1.82, 2.24) is 0 Å². The Hall–Kier alpha value is -0.740. The maximum absolute atomic E-state index is 11.5. The molecule has 1 unspecified atom stereocenters. The van der Waals surface area contributed by atoms with E-state index in [-0.39, 0.29) is 11.1 Å². The second kappa shape index (κ2) is 5.55. The largest absolute Gasteiger partial charge is 0.384 e. The molecule has 0 aliphatic carbocycles. The number of anilines is 1. The topological polar surface area (TPSA) is 46.2 Å². The Morgan fingerprint density at radius 2 is 1.88 bits per heavy atom. The van der Waals surface area contributed by atoms with Crippen LogP contribution >= 0.6 is 11.6 Å². The minimum Gasteiger partial charge on any atom is -0.384 e. The Labute approximate surface area is 102 Å². The molecule has 90 valence electrons. The van der Waals surface area contributed by atoms with E-state index in [1.807, 2.05) is 6.92 Å². The molecule has 0 bridgehead atoms. The average molecular weight is 262 g/mol. The molecule has 1 N–H and O–H groups in total. The Kier molecular flexibility index (Phi) is 4.62. The lowest BCUT2D eigenvalue weighted by Crippen LogP contribution is -2.10. The zero-order valence-corrected chi connectivity index (χ0v) is 11.0. The predicted molar refractivity (Wildman–Crippen MR) is 68.0 cm³/mol. The van der Waals surface area contributed by atoms with E-state index in [4.69, 9.17) is 11.6 Å². The number of halogens is 1. The van der Waals surface area contributed by atoms with E-state index in [1.165, 1.54) is 0 Å². The SMILES string of the molecule is CCS(=O)(=O)c1ccc(NCC(C)Cl)cc1. The first-order chi connectivity index (χ1) is 7.45. The van der Waals surface area contributed by atoms with Gasteiger partial charge in [0.05, 0.1) is 10.6 Å². The summed E-state index contributed by atoms with van der Waals surface area (Å²) >= 11 is 5.80. The Morgan fingerprint density at radius 3 is 2.31 bits per heavy atom. The second-order valence-electron chi connectivity index (χ2n) is 3.59. The lowest BCUT2D eigenvalue weighted by Gasteiger charge is -2.08. The van der Waals surface area contributed by atoms with E-state index in [0.717, 1.165) is 5.69 Å². The van der Waals surface area contributed by atoms with E-state index in [1.54, 1.807) is 31.2 Å². The fourth-order valence-electron chi connectivity index (χ4n) is 1.21. The Morgan fingerprint density at radius 1 is 1.31 bits per heavy atom. The molecule has 1 rings (SSSR count). The van der Waals surface area contributed by atoms with Gasteiger partial charge >= 0.3 is 0 Å². The van der Waals surface area contributed by atoms with Gasteiger partial charge in [-0.15, -0.1) is 11.6 Å². The quantitative estimate of drug-likeness (QED) is 0.829. The molecule has 0 aromatic heterocycles. The van der Waals surface area contributed by atoms with E-state index >= 15 is 0 Å². The fraction of sp³-hybridized carbons (Fsp3) is 0.455. The molecule has 0 radical (unpaired) electrons. The molecule has 1 aromatic rings. The molecule has 1 atom stereocenters. The summed E-state index contributed by atoms with van der Waals surface area (Å²) in [6.45, 7) is 4.18. The summed E-state index contributed by atoms with van der Waals surface area (Å²) in [5.41, 5.74) is 0.877. The highest BCUT2D eigenvalue weighted by atomic mass is 35.5. The molecular formula is C11H16ClNO2S. The number of hydrogen-bond donors (Lipinski definition) is 1. The molecule has 1 aromatic carbocycles. The van der Waals surface area contributed by atoms with Crippen LogP contribution < -0.4 is 5.32 Å². The minimum absolute atomic E-state index is 0.0408. The lowest BCUT2D eigenvalue weighted by atomic mass is 10.3. The van der Waals surface area contributed by atoms with Gasteiger partial charge in [0.1, 0.15) is 0 Å². The van der Waals surface area contributed by atoms with Gasteiger partial charge in [-0.05, 0) is 31.2 Å². The summed E-state index contributed by atoms with van der Waals surface area (Å²) in [4.78, 5) is 0.361. The maximum atomic E-state index is 11.5. The second-order valence-corrected chi connectivity index (χ2v) is 6.61. The number of rotatable bonds is 5. The van der Waals surface area contributed by atoms with E-state index in [0.29, 0.717) is 11.4 Å². The summed E-state index contributed by atoms with van der Waals surface area (Å²) in [7, 11) is -3.10. The van der Waals surface area contributed by atoms with Gasteiger partial charge in [-0.2, -0.15) is 0 Å². The van der Waals surface area contributed by atoms with Crippen LogP contribution in [0.4, 0.5) is 5.69 Å². The third-order valence-corrected chi connectivity index (χ3v) is 4.09. The number of alkyl halides is 1. The van der Waals surface area contributed by atoms with E-state index < -0.39 is 9.84 Å². The van der Waals surface area contributed by atoms with Gasteiger partial charge in [0.15, 0.2) is 9.84 Å². The molecule has 0 aliphatic heterocycles. The highest BCUT2D eigenvalue weighted by Gasteiger charge is 2.10. The van der Waals surface area contributed by atoms with Crippen molar-refractivity contribution in [3.8, 4) is 0 Å². The Bertz CT molecular complexity index is 426. The van der Waals surface area contributed by atoms with Crippen LogP contribution in [0.15, 0.2) is 29.2 Å². The van der Waals surface area contributed by atoms with Crippen molar-refractivity contribution in [2.75, 3.05) is 17.6 Å². The predicted octanol–water partition coefficient (Wildman–Crippen LogP) is 2.52. The first kappa shape index (κ1) is 13.3. The monoisotopic (exact) mass is 261 g/mol. The molecule has 3 nitrogen and oxygen atoms in total. The van der Waals surface area contributed by atoms with Gasteiger partial charge in [-0.25, -0.2) is 8.42 Å². The van der Waals surface area contributed by atoms with Crippen LogP contribution in [0.3, 0.4) is 0 Å². The third kappa shape index (κ3) is 3.68. The fourth-order valence-corrected chi connectivity index (χ4v) is 2.17. The van der Waals surface area contributed by atoms with Crippen LogP contribution in [0.2, 0.25) is 0 Å². The van der Waals surface area contributed by atoms with Gasteiger partial charge in [0, 0.05) is 17.6 Å². The molecule has 0 aliphatic rings. The zero-order chi connectivity index (χ0) is 12.2. The summed E-state index contributed by atoms with van der Waals surface area (Å²) in [6.07, 6.45) is 0. The molecule has 0 saturated carbocycles. The van der Waals surface area contributed by atoms with E-state index in [2.05, 4.69) is 5.32 Å². The van der Waals surface area contributed by atoms with Crippen molar-refractivity contribution in [1.29, 1.82) is 0 Å². The van der Waals surface area contributed by atoms with Gasteiger partial charge < -0.3 is 5.32 Å². The van der Waals surface area contributed by atoms with Gasteiger partial charge in [-0.3, -0.25) is 0 Å². The summed E-state index contributed by atoms with van der Waals surface area (Å²) in [5, 5.41) is 3.15. The summed E-state index contributed by atoms with van der Waals surface area (Å²) in [6, 6.07) is 6.73. The van der Waals surface area contributed by atoms with Gasteiger partial charge in [0.2, 0.25) is 0 Å². The summed E-state index contributed by atoms with van der Waals surface area (Å²) in [5.74, 6) is 0.124. The van der Waals surface area contributed by atoms with Crippen LogP contribution in [-0.2, 0) is 9.84 Å². The van der Waals surface area contributed by atoms with Crippen LogP contribution in [-0.4, -0.2) is 26.1 Å². The first-order valence-electron chi connectivity index (χ1n) is 5.16. The van der Waals surface area contributed by atoms with Crippen LogP contribution in [0, 0.1) is 0 Å². The molecule has 5 heteroatoms. The molecule has 0 spiro atoms. The minimum atomic E-state index is -3.10. The molecular weight excluding hydrogens is 246 g/mol.